The van der Waals surface area contributed by atoms with Crippen molar-refractivity contribution in [3.63, 3.8) is 0 Å². The summed E-state index contributed by atoms with van der Waals surface area (Å²) >= 11 is 8.79. The maximum absolute atomic E-state index is 5.93. The number of aryl methyl sites for hydroxylation is 2. The average molecular weight is 287 g/mol. The Morgan fingerprint density at radius 2 is 1.94 bits per heavy atom. The molecule has 0 amide bonds. The van der Waals surface area contributed by atoms with Crippen molar-refractivity contribution in [3.05, 3.63) is 22.9 Å². The van der Waals surface area contributed by atoms with Crippen molar-refractivity contribution < 1.29 is 0 Å². The second kappa shape index (κ2) is 5.75. The molecule has 17 heavy (non-hydrogen) atoms. The number of hydrogen-bond acceptors (Lipinski definition) is 6. The quantitative estimate of drug-likeness (QED) is 0.808. The van der Waals surface area contributed by atoms with Crippen molar-refractivity contribution in [2.75, 3.05) is 0 Å². The molecule has 0 fully saturated rings. The van der Waals surface area contributed by atoms with Crippen molar-refractivity contribution in [2.24, 2.45) is 0 Å². The first-order chi connectivity index (χ1) is 8.21. The van der Waals surface area contributed by atoms with Gasteiger partial charge in [-0.25, -0.2) is 15.0 Å². The summed E-state index contributed by atoms with van der Waals surface area (Å²) in [6, 6.07) is 1.75. The first-order valence-electron chi connectivity index (χ1n) is 5.25. The molecule has 0 saturated carbocycles. The van der Waals surface area contributed by atoms with Crippen molar-refractivity contribution in [2.45, 2.75) is 36.1 Å². The number of nitrogens with zero attached hydrogens (tertiary/aromatic N) is 4. The van der Waals surface area contributed by atoms with Gasteiger partial charge in [-0.1, -0.05) is 25.4 Å². The average Bonchev–Trinajstić information content (AvgIpc) is 2.76. The van der Waals surface area contributed by atoms with E-state index in [-0.39, 0.29) is 0 Å². The second-order valence-corrected chi connectivity index (χ2v) is 5.64. The molecule has 0 radical (unpaired) electrons. The number of halogens is 1. The van der Waals surface area contributed by atoms with Crippen LogP contribution in [0.5, 0.6) is 0 Å². The zero-order valence-electron chi connectivity index (χ0n) is 9.47. The molecule has 90 valence electrons. The lowest BCUT2D eigenvalue weighted by molar-refractivity contribution is 0.888. The van der Waals surface area contributed by atoms with Gasteiger partial charge in [-0.2, -0.15) is 4.37 Å². The number of aromatic nitrogens is 4. The Morgan fingerprint density at radius 1 is 1.18 bits per heavy atom. The van der Waals surface area contributed by atoms with Crippen LogP contribution in [0.25, 0.3) is 0 Å². The van der Waals surface area contributed by atoms with Gasteiger partial charge >= 0.3 is 0 Å². The Balaban J connectivity index is 2.20. The minimum atomic E-state index is 0.472. The molecule has 7 heteroatoms. The zero-order valence-corrected chi connectivity index (χ0v) is 11.9. The number of rotatable bonds is 4. The van der Waals surface area contributed by atoms with E-state index < -0.39 is 0 Å². The first-order valence-corrected chi connectivity index (χ1v) is 7.22. The standard InChI is InChI=1S/C10H11ClN4S2/c1-3-7-12-6(11)5-9(13-7)16-10-14-8(4-2)15-17-10/h5H,3-4H2,1-2H3. The largest absolute Gasteiger partial charge is 0.226 e. The molecule has 4 nitrogen and oxygen atoms in total. The summed E-state index contributed by atoms with van der Waals surface area (Å²) in [5, 5.41) is 1.29. The third-order valence-electron chi connectivity index (χ3n) is 1.99. The zero-order chi connectivity index (χ0) is 12.3. The first kappa shape index (κ1) is 12.7. The highest BCUT2D eigenvalue weighted by Crippen LogP contribution is 2.28. The van der Waals surface area contributed by atoms with Gasteiger partial charge in [0.1, 0.15) is 21.8 Å². The summed E-state index contributed by atoms with van der Waals surface area (Å²) < 4.78 is 5.12. The molecule has 0 unspecified atom stereocenters. The van der Waals surface area contributed by atoms with E-state index >= 15 is 0 Å². The lowest BCUT2D eigenvalue weighted by atomic mass is 10.4. The Morgan fingerprint density at radius 3 is 2.59 bits per heavy atom. The molecule has 0 aromatic carbocycles. The van der Waals surface area contributed by atoms with E-state index in [1.807, 2.05) is 13.8 Å². The van der Waals surface area contributed by atoms with Gasteiger partial charge in [-0.05, 0) is 23.3 Å². The summed E-state index contributed by atoms with van der Waals surface area (Å²) in [6.45, 7) is 4.04. The molecule has 0 aliphatic rings. The Hall–Kier alpha value is -0.720. The monoisotopic (exact) mass is 286 g/mol. The van der Waals surface area contributed by atoms with Crippen LogP contribution in [-0.2, 0) is 12.8 Å². The van der Waals surface area contributed by atoms with Gasteiger partial charge in [0.25, 0.3) is 0 Å². The molecule has 0 spiro atoms. The van der Waals surface area contributed by atoms with E-state index in [4.69, 9.17) is 11.6 Å². The highest BCUT2D eigenvalue weighted by atomic mass is 35.5. The fraction of sp³-hybridized carbons (Fsp3) is 0.400. The molecule has 0 aliphatic carbocycles. The second-order valence-electron chi connectivity index (χ2n) is 3.23. The highest BCUT2D eigenvalue weighted by Gasteiger charge is 2.08. The van der Waals surface area contributed by atoms with Gasteiger partial charge in [-0.3, -0.25) is 0 Å². The predicted octanol–water partition coefficient (Wildman–Crippen LogP) is 3.26. The minimum Gasteiger partial charge on any atom is -0.226 e. The third kappa shape index (κ3) is 3.37. The van der Waals surface area contributed by atoms with Gasteiger partial charge in [0.15, 0.2) is 4.34 Å². The van der Waals surface area contributed by atoms with Gasteiger partial charge in [0.05, 0.1) is 0 Å². The maximum atomic E-state index is 5.93. The van der Waals surface area contributed by atoms with E-state index in [0.717, 1.165) is 33.9 Å². The van der Waals surface area contributed by atoms with Crippen molar-refractivity contribution in [1.82, 2.24) is 19.3 Å². The van der Waals surface area contributed by atoms with E-state index in [0.29, 0.717) is 5.15 Å². The van der Waals surface area contributed by atoms with Crippen molar-refractivity contribution in [3.8, 4) is 0 Å². The van der Waals surface area contributed by atoms with Crippen LogP contribution in [-0.4, -0.2) is 19.3 Å². The minimum absolute atomic E-state index is 0.472. The SMILES string of the molecule is CCc1nc(Cl)cc(Sc2nc(CC)ns2)n1. The van der Waals surface area contributed by atoms with E-state index in [1.165, 1.54) is 23.3 Å². The van der Waals surface area contributed by atoms with E-state index in [1.54, 1.807) is 6.07 Å². The Labute approximate surface area is 113 Å². The summed E-state index contributed by atoms with van der Waals surface area (Å²) in [6.07, 6.45) is 1.62. The normalized spacial score (nSPS) is 10.8. The Bertz CT molecular complexity index is 515. The number of hydrogen-bond donors (Lipinski definition) is 0. The topological polar surface area (TPSA) is 51.6 Å². The summed E-state index contributed by atoms with van der Waals surface area (Å²) in [4.78, 5) is 12.9. The lowest BCUT2D eigenvalue weighted by Crippen LogP contribution is -1.94. The fourth-order valence-corrected chi connectivity index (χ4v) is 3.10. The summed E-state index contributed by atoms with van der Waals surface area (Å²) in [5.74, 6) is 1.62. The van der Waals surface area contributed by atoms with Crippen molar-refractivity contribution >= 4 is 34.9 Å². The molecule has 2 aromatic heterocycles. The summed E-state index contributed by atoms with van der Waals surface area (Å²) in [5.41, 5.74) is 0. The molecule has 2 rings (SSSR count). The molecule has 2 heterocycles. The molecule has 0 saturated heterocycles. The lowest BCUT2D eigenvalue weighted by Gasteiger charge is -2.00. The van der Waals surface area contributed by atoms with Crippen LogP contribution in [0.2, 0.25) is 5.15 Å². The van der Waals surface area contributed by atoms with Crippen molar-refractivity contribution in [1.29, 1.82) is 0 Å². The summed E-state index contributed by atoms with van der Waals surface area (Å²) in [7, 11) is 0. The Kier molecular flexibility index (Phi) is 4.31. The highest BCUT2D eigenvalue weighted by molar-refractivity contribution is 8.00. The van der Waals surface area contributed by atoms with Crippen LogP contribution in [0.15, 0.2) is 15.4 Å². The van der Waals surface area contributed by atoms with Crippen LogP contribution >= 0.6 is 34.9 Å². The molecular weight excluding hydrogens is 276 g/mol. The van der Waals surface area contributed by atoms with Gasteiger partial charge < -0.3 is 0 Å². The van der Waals surface area contributed by atoms with Crippen LogP contribution in [0.4, 0.5) is 0 Å². The molecule has 0 atom stereocenters. The molecule has 0 aliphatic heterocycles. The smallest absolute Gasteiger partial charge is 0.176 e. The van der Waals surface area contributed by atoms with Gasteiger partial charge in [-0.15, -0.1) is 0 Å². The van der Waals surface area contributed by atoms with E-state index in [2.05, 4.69) is 19.3 Å². The molecule has 0 bridgehead atoms. The predicted molar refractivity (Wildman–Crippen MR) is 69.8 cm³/mol. The molecular formula is C10H11ClN4S2. The van der Waals surface area contributed by atoms with E-state index in [9.17, 15) is 0 Å². The van der Waals surface area contributed by atoms with Crippen LogP contribution in [0.3, 0.4) is 0 Å². The third-order valence-corrected chi connectivity index (χ3v) is 3.89. The molecule has 2 aromatic rings. The van der Waals surface area contributed by atoms with Crippen LogP contribution < -0.4 is 0 Å². The van der Waals surface area contributed by atoms with Crippen LogP contribution in [0.1, 0.15) is 25.5 Å². The maximum Gasteiger partial charge on any atom is 0.176 e. The van der Waals surface area contributed by atoms with Gasteiger partial charge in [0.2, 0.25) is 0 Å². The van der Waals surface area contributed by atoms with Gasteiger partial charge in [0, 0.05) is 18.9 Å². The fourth-order valence-electron chi connectivity index (χ4n) is 1.16. The van der Waals surface area contributed by atoms with Crippen LogP contribution in [0, 0.1) is 0 Å². The molecule has 0 N–H and O–H groups in total.